The molecule has 0 aliphatic heterocycles. The van der Waals surface area contributed by atoms with Crippen LogP contribution in [0, 0.1) is 16.7 Å². The van der Waals surface area contributed by atoms with Gasteiger partial charge in [0.1, 0.15) is 0 Å². The van der Waals surface area contributed by atoms with Crippen LogP contribution in [0.5, 0.6) is 0 Å². The molecular weight excluding hydrogens is 651 g/mol. The summed E-state index contributed by atoms with van der Waals surface area (Å²) in [7, 11) is 1.77. The van der Waals surface area contributed by atoms with Crippen molar-refractivity contribution in [1.29, 1.82) is 0 Å². The highest BCUT2D eigenvalue weighted by Crippen LogP contribution is 2.43. The van der Waals surface area contributed by atoms with Gasteiger partial charge in [-0.3, -0.25) is 4.79 Å². The summed E-state index contributed by atoms with van der Waals surface area (Å²) < 4.78 is 12.0. The molecule has 53 heavy (non-hydrogen) atoms. The van der Waals surface area contributed by atoms with Gasteiger partial charge in [-0.25, -0.2) is 0 Å². The second kappa shape index (κ2) is 31.5. The minimum Gasteiger partial charge on any atom is -0.379 e. The number of ether oxygens (including phenoxy) is 2. The van der Waals surface area contributed by atoms with Crippen molar-refractivity contribution < 1.29 is 14.3 Å². The van der Waals surface area contributed by atoms with E-state index in [4.69, 9.17) is 9.47 Å². The zero-order valence-electron chi connectivity index (χ0n) is 38.4. The second-order valence-corrected chi connectivity index (χ2v) is 19.7. The Balaban J connectivity index is 4.89. The summed E-state index contributed by atoms with van der Waals surface area (Å²) in [5.41, 5.74) is -0.837. The highest BCUT2D eigenvalue weighted by atomic mass is 16.5. The number of methoxy groups -OCH3 is 1. The average Bonchev–Trinajstić information content (AvgIpc) is 3.10. The van der Waals surface area contributed by atoms with Crippen LogP contribution in [0.25, 0.3) is 0 Å². The largest absolute Gasteiger partial charge is 0.379 e. The van der Waals surface area contributed by atoms with Crippen LogP contribution in [0.3, 0.4) is 0 Å². The van der Waals surface area contributed by atoms with Gasteiger partial charge in [0.25, 0.3) is 0 Å². The summed E-state index contributed by atoms with van der Waals surface area (Å²) in [4.78, 5) is 13.8. The number of amides is 1. The molecule has 0 aliphatic rings. The maximum absolute atomic E-state index is 13.8. The molecule has 0 aromatic heterocycles. The lowest BCUT2D eigenvalue weighted by Gasteiger charge is -2.41. The Morgan fingerprint density at radius 3 is 1.26 bits per heavy atom. The lowest BCUT2D eigenvalue weighted by atomic mass is 9.67. The fourth-order valence-electron chi connectivity index (χ4n) is 8.59. The number of rotatable bonds is 39. The molecule has 0 spiro atoms. The molecule has 0 rings (SSSR count). The predicted octanol–water partition coefficient (Wildman–Crippen LogP) is 15.7. The van der Waals surface area contributed by atoms with Gasteiger partial charge in [0.2, 0.25) is 5.91 Å². The van der Waals surface area contributed by atoms with Crippen LogP contribution in [0.1, 0.15) is 262 Å². The van der Waals surface area contributed by atoms with Crippen molar-refractivity contribution in [3.63, 3.8) is 0 Å². The van der Waals surface area contributed by atoms with E-state index in [1.54, 1.807) is 7.11 Å². The van der Waals surface area contributed by atoms with Gasteiger partial charge in [0.05, 0.1) is 17.8 Å². The molecule has 0 aromatic rings. The van der Waals surface area contributed by atoms with E-state index in [0.29, 0.717) is 12.5 Å². The lowest BCUT2D eigenvalue weighted by Crippen LogP contribution is -2.44. The lowest BCUT2D eigenvalue weighted by molar-refractivity contribution is -0.132. The topological polar surface area (TPSA) is 47.6 Å². The third-order valence-electron chi connectivity index (χ3n) is 12.4. The molecule has 0 aromatic carbocycles. The summed E-state index contributed by atoms with van der Waals surface area (Å²) in [6, 6.07) is 0. The molecule has 4 nitrogen and oxygen atoms in total. The predicted molar refractivity (Wildman–Crippen MR) is 235 cm³/mol. The van der Waals surface area contributed by atoms with E-state index in [9.17, 15) is 4.79 Å². The summed E-state index contributed by atoms with van der Waals surface area (Å²) >= 11 is 0. The van der Waals surface area contributed by atoms with Gasteiger partial charge in [-0.05, 0) is 71.1 Å². The molecule has 0 saturated carbocycles. The first-order valence-corrected chi connectivity index (χ1v) is 23.6. The van der Waals surface area contributed by atoms with Gasteiger partial charge in [-0.15, -0.1) is 0 Å². The van der Waals surface area contributed by atoms with Gasteiger partial charge in [0.15, 0.2) is 0 Å². The highest BCUT2D eigenvalue weighted by Gasteiger charge is 2.40. The monoisotopic (exact) mass is 750 g/mol. The maximum atomic E-state index is 13.8. The number of nitrogens with one attached hydrogen (secondary N) is 1. The van der Waals surface area contributed by atoms with Crippen LogP contribution in [0.15, 0.2) is 0 Å². The number of hydrogen-bond acceptors (Lipinski definition) is 3. The average molecular weight is 750 g/mol. The quantitative estimate of drug-likeness (QED) is 0.0637. The van der Waals surface area contributed by atoms with Crippen LogP contribution < -0.4 is 5.32 Å². The van der Waals surface area contributed by atoms with Crippen molar-refractivity contribution in [2.45, 2.75) is 273 Å². The van der Waals surface area contributed by atoms with Crippen molar-refractivity contribution >= 4 is 5.91 Å². The molecule has 1 atom stereocenters. The first kappa shape index (κ1) is 52.4. The van der Waals surface area contributed by atoms with Crippen molar-refractivity contribution in [2.24, 2.45) is 16.7 Å². The van der Waals surface area contributed by atoms with Crippen LogP contribution >= 0.6 is 0 Å². The van der Waals surface area contributed by atoms with Gasteiger partial charge in [-0.1, -0.05) is 202 Å². The third kappa shape index (κ3) is 30.2. The van der Waals surface area contributed by atoms with Crippen LogP contribution in [-0.4, -0.2) is 37.4 Å². The van der Waals surface area contributed by atoms with E-state index in [-0.39, 0.29) is 22.5 Å². The Morgan fingerprint density at radius 2 is 0.906 bits per heavy atom. The molecule has 0 aliphatic carbocycles. The van der Waals surface area contributed by atoms with E-state index >= 15 is 0 Å². The minimum absolute atomic E-state index is 0.0185. The van der Waals surface area contributed by atoms with Gasteiger partial charge in [-0.2, -0.15) is 0 Å². The fourth-order valence-corrected chi connectivity index (χ4v) is 8.59. The summed E-state index contributed by atoms with van der Waals surface area (Å²) in [6.45, 7) is 23.7. The van der Waals surface area contributed by atoms with E-state index in [0.717, 1.165) is 32.2 Å². The van der Waals surface area contributed by atoms with Crippen LogP contribution in [0.2, 0.25) is 0 Å². The molecule has 0 bridgehead atoms. The summed E-state index contributed by atoms with van der Waals surface area (Å²) in [5, 5.41) is 3.49. The second-order valence-electron chi connectivity index (χ2n) is 19.7. The Morgan fingerprint density at radius 1 is 0.528 bits per heavy atom. The molecule has 4 heteroatoms. The summed E-state index contributed by atoms with van der Waals surface area (Å²) in [5.74, 6) is 0.828. The van der Waals surface area contributed by atoms with Gasteiger partial charge >= 0.3 is 0 Å². The van der Waals surface area contributed by atoms with Crippen LogP contribution in [-0.2, 0) is 14.3 Å². The first-order chi connectivity index (χ1) is 25.2. The smallest absolute Gasteiger partial charge is 0.225 e. The molecule has 1 amide bonds. The number of unbranched alkanes of at least 4 members (excludes halogenated alkanes) is 22. The van der Waals surface area contributed by atoms with Crippen molar-refractivity contribution in [3.05, 3.63) is 0 Å². The van der Waals surface area contributed by atoms with Crippen molar-refractivity contribution in [3.8, 4) is 0 Å². The minimum atomic E-state index is -0.421. The molecule has 1 N–H and O–H groups in total. The van der Waals surface area contributed by atoms with Gasteiger partial charge in [0, 0.05) is 19.1 Å². The van der Waals surface area contributed by atoms with Crippen molar-refractivity contribution in [1.82, 2.24) is 5.32 Å². The maximum Gasteiger partial charge on any atom is 0.225 e. The third-order valence-corrected chi connectivity index (χ3v) is 12.4. The normalized spacial score (nSPS) is 13.9. The Bertz CT molecular complexity index is 808. The van der Waals surface area contributed by atoms with Gasteiger partial charge < -0.3 is 14.8 Å². The summed E-state index contributed by atoms with van der Waals surface area (Å²) in [6.07, 6.45) is 39.6. The Hall–Kier alpha value is -0.610. The highest BCUT2D eigenvalue weighted by molar-refractivity contribution is 5.81. The van der Waals surface area contributed by atoms with Crippen LogP contribution in [0.4, 0.5) is 0 Å². The fraction of sp³-hybridized carbons (Fsp3) is 0.980. The Labute approximate surface area is 334 Å². The van der Waals surface area contributed by atoms with E-state index < -0.39 is 5.41 Å². The zero-order valence-corrected chi connectivity index (χ0v) is 38.4. The molecule has 318 valence electrons. The standard InChI is InChI=1S/C49H99NO3/c1-12-15-17-19-21-23-25-27-29-31-33-35-37-44(38-36-34-32-30-28-26-24-22-20-18-16-13-2)41-50-45(51)46(4,5)42-49(10,14-3)43-48(8,9)53-40-39-47(6,7)52-11/h44H,12-43H2,1-11H3,(H,50,51). The van der Waals surface area contributed by atoms with Crippen molar-refractivity contribution in [2.75, 3.05) is 20.3 Å². The molecule has 0 radical (unpaired) electrons. The first-order valence-electron chi connectivity index (χ1n) is 23.6. The number of hydrogen-bond donors (Lipinski definition) is 1. The molecule has 0 heterocycles. The molecule has 0 fully saturated rings. The molecule has 1 unspecified atom stereocenters. The van der Waals surface area contributed by atoms with E-state index in [2.05, 4.69) is 74.6 Å². The van der Waals surface area contributed by atoms with E-state index in [1.165, 1.54) is 167 Å². The number of carbonyl (C=O) groups excluding carboxylic acids is 1. The molecular formula is C49H99NO3. The van der Waals surface area contributed by atoms with E-state index in [1.807, 2.05) is 0 Å². The Kier molecular flexibility index (Phi) is 31.1. The molecule has 0 saturated heterocycles. The SMILES string of the molecule is CCCCCCCCCCCCCCC(CCCCCCCCCCCCCC)CNC(=O)C(C)(C)CC(C)(CC)CC(C)(C)OCCC(C)(C)OC. The zero-order chi connectivity index (χ0) is 39.9. The number of carbonyl (C=O) groups is 1.